The highest BCUT2D eigenvalue weighted by Gasteiger charge is 2.28. The SMILES string of the molecule is CC(C)CC1NC(=O)CCCN(C(=O)[C@H]2CCCN2)CCCNC(=O)c2csc(n2)[C@H](Cc2ccccc2)NC(=O)c2csc1n2.Cl. The number of thiazole rings is 2. The summed E-state index contributed by atoms with van der Waals surface area (Å²) < 4.78 is 0. The minimum Gasteiger partial charge on any atom is -0.351 e. The average molecular weight is 702 g/mol. The maximum atomic E-state index is 13.5. The van der Waals surface area contributed by atoms with Crippen LogP contribution in [0.2, 0.25) is 0 Å². The highest BCUT2D eigenvalue weighted by atomic mass is 35.5. The molecule has 4 heterocycles. The van der Waals surface area contributed by atoms with Crippen molar-refractivity contribution in [3.8, 4) is 0 Å². The van der Waals surface area contributed by atoms with Crippen molar-refractivity contribution in [2.75, 3.05) is 26.2 Å². The Morgan fingerprint density at radius 1 is 0.894 bits per heavy atom. The number of halogens is 1. The molecule has 2 aliphatic heterocycles. The molecule has 254 valence electrons. The molecule has 14 heteroatoms. The molecule has 1 saturated heterocycles. The lowest BCUT2D eigenvalue weighted by atomic mass is 10.0. The zero-order valence-corrected chi connectivity index (χ0v) is 29.3. The fourth-order valence-corrected chi connectivity index (χ4v) is 7.50. The third-order valence-corrected chi connectivity index (χ3v) is 10.0. The van der Waals surface area contributed by atoms with E-state index in [1.165, 1.54) is 22.7 Å². The van der Waals surface area contributed by atoms with Gasteiger partial charge in [-0.25, -0.2) is 9.97 Å². The van der Waals surface area contributed by atoms with Crippen molar-refractivity contribution >= 4 is 58.7 Å². The second kappa shape index (κ2) is 17.7. The molecule has 4 N–H and O–H groups in total. The molecular weight excluding hydrogens is 658 g/mol. The molecule has 0 spiro atoms. The van der Waals surface area contributed by atoms with Crippen molar-refractivity contribution in [2.24, 2.45) is 5.92 Å². The molecule has 0 aliphatic carbocycles. The van der Waals surface area contributed by atoms with E-state index in [1.807, 2.05) is 35.2 Å². The van der Waals surface area contributed by atoms with Gasteiger partial charge >= 0.3 is 0 Å². The van der Waals surface area contributed by atoms with Crippen LogP contribution in [0.5, 0.6) is 0 Å². The van der Waals surface area contributed by atoms with Crippen LogP contribution < -0.4 is 21.3 Å². The maximum absolute atomic E-state index is 13.5. The summed E-state index contributed by atoms with van der Waals surface area (Å²) in [6.07, 6.45) is 4.28. The van der Waals surface area contributed by atoms with Gasteiger partial charge < -0.3 is 26.2 Å². The highest BCUT2D eigenvalue weighted by Crippen LogP contribution is 2.27. The van der Waals surface area contributed by atoms with E-state index in [9.17, 15) is 19.2 Å². The molecule has 47 heavy (non-hydrogen) atoms. The summed E-state index contributed by atoms with van der Waals surface area (Å²) in [4.78, 5) is 64.1. The molecule has 11 nitrogen and oxygen atoms in total. The fourth-order valence-electron chi connectivity index (χ4n) is 5.79. The van der Waals surface area contributed by atoms with Gasteiger partial charge in [0.1, 0.15) is 21.4 Å². The van der Waals surface area contributed by atoms with Crippen LogP contribution in [0.1, 0.15) is 101 Å². The molecule has 4 bridgehead atoms. The predicted octanol–water partition coefficient (Wildman–Crippen LogP) is 4.43. The predicted molar refractivity (Wildman–Crippen MR) is 186 cm³/mol. The third-order valence-electron chi connectivity index (χ3n) is 8.13. The summed E-state index contributed by atoms with van der Waals surface area (Å²) in [7, 11) is 0. The van der Waals surface area contributed by atoms with Gasteiger partial charge in [-0.15, -0.1) is 35.1 Å². The smallest absolute Gasteiger partial charge is 0.271 e. The van der Waals surface area contributed by atoms with Crippen molar-refractivity contribution in [1.29, 1.82) is 0 Å². The van der Waals surface area contributed by atoms with Gasteiger partial charge in [-0.3, -0.25) is 19.2 Å². The lowest BCUT2D eigenvalue weighted by Crippen LogP contribution is -2.45. The third kappa shape index (κ3) is 10.3. The Labute approximate surface area is 290 Å². The zero-order valence-electron chi connectivity index (χ0n) is 26.8. The van der Waals surface area contributed by atoms with Gasteiger partial charge in [0.05, 0.1) is 18.1 Å². The van der Waals surface area contributed by atoms with Crippen molar-refractivity contribution in [1.82, 2.24) is 36.1 Å². The molecule has 2 aromatic heterocycles. The van der Waals surface area contributed by atoms with Crippen molar-refractivity contribution in [2.45, 2.75) is 76.9 Å². The van der Waals surface area contributed by atoms with Crippen LogP contribution >= 0.6 is 35.1 Å². The van der Waals surface area contributed by atoms with Gasteiger partial charge in [0, 0.05) is 36.8 Å². The molecule has 3 aromatic rings. The van der Waals surface area contributed by atoms with Gasteiger partial charge in [-0.2, -0.15) is 0 Å². The van der Waals surface area contributed by atoms with Crippen LogP contribution in [0.25, 0.3) is 0 Å². The number of nitrogens with one attached hydrogen (secondary N) is 4. The van der Waals surface area contributed by atoms with Crippen LogP contribution in [0.15, 0.2) is 41.1 Å². The van der Waals surface area contributed by atoms with Gasteiger partial charge in [0.15, 0.2) is 0 Å². The van der Waals surface area contributed by atoms with Crippen molar-refractivity contribution < 1.29 is 19.2 Å². The quantitative estimate of drug-likeness (QED) is 0.308. The molecule has 1 fully saturated rings. The van der Waals surface area contributed by atoms with E-state index < -0.39 is 6.04 Å². The van der Waals surface area contributed by atoms with Crippen LogP contribution in [0.3, 0.4) is 0 Å². The first-order valence-electron chi connectivity index (χ1n) is 16.1. The topological polar surface area (TPSA) is 145 Å². The molecule has 0 radical (unpaired) electrons. The number of fused-ring (bicyclic) bond motifs is 4. The molecule has 2 aliphatic rings. The largest absolute Gasteiger partial charge is 0.351 e. The van der Waals surface area contributed by atoms with E-state index in [-0.39, 0.29) is 60.2 Å². The van der Waals surface area contributed by atoms with Crippen molar-refractivity contribution in [3.63, 3.8) is 0 Å². The number of nitrogens with zero attached hydrogens (tertiary/aromatic N) is 3. The Bertz CT molecular complexity index is 1490. The number of carbonyl (C=O) groups is 4. The number of hydrogen-bond acceptors (Lipinski definition) is 9. The van der Waals surface area contributed by atoms with Crippen LogP contribution in [-0.4, -0.2) is 70.7 Å². The molecule has 1 aromatic carbocycles. The minimum absolute atomic E-state index is 0. The summed E-state index contributed by atoms with van der Waals surface area (Å²) in [6, 6.07) is 8.80. The highest BCUT2D eigenvalue weighted by molar-refractivity contribution is 7.10. The zero-order chi connectivity index (χ0) is 32.5. The van der Waals surface area contributed by atoms with E-state index >= 15 is 0 Å². The van der Waals surface area contributed by atoms with Gasteiger partial charge in [0.25, 0.3) is 11.8 Å². The number of carbonyl (C=O) groups excluding carboxylic acids is 4. The standard InChI is InChI=1S/C33H43N7O4S2.ClH/c1-21(2)17-24-31-39-27(20-46-31)30(43)37-25(18-22-9-4-3-5-10-22)32-38-26(19-45-32)29(42)35-14-8-16-40(15-7-12-28(41)36-24)33(44)23-11-6-13-34-23;/h3-5,9-10,19-21,23-25,34H,6-8,11-18H2,1-2H3,(H,35,42)(H,36,41)(H,37,43);1H/t23-,24?,25+;/m1./s1. The second-order valence-electron chi connectivity index (χ2n) is 12.3. The number of hydrogen-bond donors (Lipinski definition) is 4. The van der Waals surface area contributed by atoms with Crippen LogP contribution in [0.4, 0.5) is 0 Å². The first kappa shape index (κ1) is 36.4. The first-order chi connectivity index (χ1) is 22.3. The van der Waals surface area contributed by atoms with E-state index in [0.717, 1.165) is 24.9 Å². The maximum Gasteiger partial charge on any atom is 0.271 e. The summed E-state index contributed by atoms with van der Waals surface area (Å²) in [6.45, 7) is 6.30. The summed E-state index contributed by atoms with van der Waals surface area (Å²) in [5, 5.41) is 17.2. The number of aromatic nitrogens is 2. The molecule has 0 saturated carbocycles. The lowest BCUT2D eigenvalue weighted by molar-refractivity contribution is -0.133. The van der Waals surface area contributed by atoms with Crippen molar-refractivity contribution in [3.05, 3.63) is 68.1 Å². The molecule has 3 atom stereocenters. The number of amides is 4. The van der Waals surface area contributed by atoms with Crippen LogP contribution in [-0.2, 0) is 16.0 Å². The van der Waals surface area contributed by atoms with E-state index in [1.54, 1.807) is 10.8 Å². The number of rotatable bonds is 5. The van der Waals surface area contributed by atoms with Gasteiger partial charge in [0.2, 0.25) is 11.8 Å². The molecule has 1 unspecified atom stereocenters. The molecule has 4 amide bonds. The minimum atomic E-state index is -0.476. The van der Waals surface area contributed by atoms with Crippen LogP contribution in [0, 0.1) is 5.92 Å². The Morgan fingerprint density at radius 3 is 2.26 bits per heavy atom. The summed E-state index contributed by atoms with van der Waals surface area (Å²) in [5.41, 5.74) is 1.58. The van der Waals surface area contributed by atoms with E-state index in [0.29, 0.717) is 66.9 Å². The second-order valence-corrected chi connectivity index (χ2v) is 14.1. The lowest BCUT2D eigenvalue weighted by Gasteiger charge is -2.26. The fraction of sp³-hybridized carbons (Fsp3) is 0.515. The first-order valence-corrected chi connectivity index (χ1v) is 17.9. The summed E-state index contributed by atoms with van der Waals surface area (Å²) >= 11 is 2.68. The Kier molecular flexibility index (Phi) is 13.7. The molecule has 5 rings (SSSR count). The van der Waals surface area contributed by atoms with E-state index in [4.69, 9.17) is 0 Å². The van der Waals surface area contributed by atoms with Gasteiger partial charge in [-0.05, 0) is 56.6 Å². The summed E-state index contributed by atoms with van der Waals surface area (Å²) in [5.74, 6) is -0.420. The number of benzene rings is 1. The van der Waals surface area contributed by atoms with E-state index in [2.05, 4.69) is 45.1 Å². The monoisotopic (exact) mass is 701 g/mol. The average Bonchev–Trinajstić information content (AvgIpc) is 3.83. The Hall–Kier alpha value is -3.39. The Morgan fingerprint density at radius 2 is 1.57 bits per heavy atom. The Balaban J connectivity index is 0.00000500. The van der Waals surface area contributed by atoms with Gasteiger partial charge in [-0.1, -0.05) is 44.2 Å². The molecular formula is C33H44ClN7O4S2. The normalized spacial score (nSPS) is 21.6.